The molecule has 3 rings (SSSR count). The van der Waals surface area contributed by atoms with E-state index in [-0.39, 0.29) is 18.8 Å². The first-order valence-electron chi connectivity index (χ1n) is 8.46. The molecule has 0 saturated carbocycles. The van der Waals surface area contributed by atoms with Crippen molar-refractivity contribution in [3.8, 4) is 0 Å². The predicted octanol–water partition coefficient (Wildman–Crippen LogP) is 4.50. The topological polar surface area (TPSA) is 61.8 Å². The number of esters is 2. The van der Waals surface area contributed by atoms with Gasteiger partial charge in [-0.3, -0.25) is 0 Å². The molecule has 148 valence electrons. The van der Waals surface area contributed by atoms with Gasteiger partial charge in [-0.15, -0.1) is 0 Å². The standard InChI is InChI=1S/C20H17Cl2FO5/c1-20(23)11-27-16(10-26-18(24)12-2-6-14(21)7-3-12)17(20)28-19(25)13-4-8-15(22)9-5-13/h2-9,16-17H,10-11H2,1H3. The first kappa shape index (κ1) is 20.6. The number of benzene rings is 2. The van der Waals surface area contributed by atoms with E-state index < -0.39 is 29.8 Å². The fourth-order valence-electron chi connectivity index (χ4n) is 2.76. The van der Waals surface area contributed by atoms with Crippen molar-refractivity contribution in [3.05, 3.63) is 69.7 Å². The minimum Gasteiger partial charge on any atom is -0.459 e. The van der Waals surface area contributed by atoms with Crippen LogP contribution in [0.5, 0.6) is 0 Å². The van der Waals surface area contributed by atoms with Crippen molar-refractivity contribution in [1.29, 1.82) is 0 Å². The van der Waals surface area contributed by atoms with Crippen molar-refractivity contribution < 1.29 is 28.2 Å². The van der Waals surface area contributed by atoms with Crippen LogP contribution in [-0.4, -0.2) is 43.0 Å². The lowest BCUT2D eigenvalue weighted by Gasteiger charge is -2.25. The van der Waals surface area contributed by atoms with Crippen molar-refractivity contribution in [3.63, 3.8) is 0 Å². The summed E-state index contributed by atoms with van der Waals surface area (Å²) in [7, 11) is 0. The van der Waals surface area contributed by atoms with Crippen LogP contribution in [0.1, 0.15) is 27.6 Å². The Morgan fingerprint density at radius 1 is 1.04 bits per heavy atom. The highest BCUT2D eigenvalue weighted by atomic mass is 35.5. The number of hydrogen-bond donors (Lipinski definition) is 0. The fourth-order valence-corrected chi connectivity index (χ4v) is 3.01. The smallest absolute Gasteiger partial charge is 0.338 e. The van der Waals surface area contributed by atoms with Crippen molar-refractivity contribution in [2.24, 2.45) is 0 Å². The average molecular weight is 427 g/mol. The third kappa shape index (κ3) is 4.82. The quantitative estimate of drug-likeness (QED) is 0.658. The van der Waals surface area contributed by atoms with Crippen LogP contribution < -0.4 is 0 Å². The van der Waals surface area contributed by atoms with Crippen molar-refractivity contribution in [2.45, 2.75) is 24.8 Å². The van der Waals surface area contributed by atoms with Gasteiger partial charge in [0.1, 0.15) is 12.7 Å². The number of carbonyl (C=O) groups is 2. The molecule has 1 aliphatic rings. The van der Waals surface area contributed by atoms with Crippen molar-refractivity contribution in [1.82, 2.24) is 0 Å². The summed E-state index contributed by atoms with van der Waals surface area (Å²) in [5.74, 6) is -1.33. The second-order valence-electron chi connectivity index (χ2n) is 6.57. The normalized spacial score (nSPS) is 24.0. The summed E-state index contributed by atoms with van der Waals surface area (Å²) in [6.07, 6.45) is -2.16. The van der Waals surface area contributed by atoms with Crippen LogP contribution in [0.25, 0.3) is 0 Å². The summed E-state index contributed by atoms with van der Waals surface area (Å²) in [6.45, 7) is 0.724. The fraction of sp³-hybridized carbons (Fsp3) is 0.300. The first-order chi connectivity index (χ1) is 13.3. The molecule has 0 bridgehead atoms. The van der Waals surface area contributed by atoms with E-state index in [1.165, 1.54) is 43.3 Å². The lowest BCUT2D eigenvalue weighted by atomic mass is 10.0. The van der Waals surface area contributed by atoms with E-state index in [2.05, 4.69) is 0 Å². The Labute approximate surface area is 171 Å². The van der Waals surface area contributed by atoms with Crippen LogP contribution in [0, 0.1) is 0 Å². The van der Waals surface area contributed by atoms with Crippen LogP contribution in [0.4, 0.5) is 4.39 Å². The molecule has 8 heteroatoms. The van der Waals surface area contributed by atoms with E-state index in [1.54, 1.807) is 12.1 Å². The third-order valence-corrected chi connectivity index (χ3v) is 4.79. The lowest BCUT2D eigenvalue weighted by molar-refractivity contribution is -0.0419. The Hall–Kier alpha value is -2.15. The largest absolute Gasteiger partial charge is 0.459 e. The zero-order valence-electron chi connectivity index (χ0n) is 14.9. The molecule has 5 nitrogen and oxygen atoms in total. The summed E-state index contributed by atoms with van der Waals surface area (Å²) in [6, 6.07) is 12.2. The molecule has 28 heavy (non-hydrogen) atoms. The van der Waals surface area contributed by atoms with Crippen LogP contribution in [0.2, 0.25) is 10.0 Å². The van der Waals surface area contributed by atoms with E-state index >= 15 is 0 Å². The molecule has 0 radical (unpaired) electrons. The zero-order chi connectivity index (χ0) is 20.3. The van der Waals surface area contributed by atoms with Gasteiger partial charge in [-0.25, -0.2) is 14.0 Å². The third-order valence-electron chi connectivity index (χ3n) is 4.28. The molecule has 1 saturated heterocycles. The molecule has 3 atom stereocenters. The van der Waals surface area contributed by atoms with E-state index in [1.807, 2.05) is 0 Å². The van der Waals surface area contributed by atoms with Crippen molar-refractivity contribution in [2.75, 3.05) is 13.2 Å². The second-order valence-corrected chi connectivity index (χ2v) is 7.44. The van der Waals surface area contributed by atoms with Crippen LogP contribution >= 0.6 is 23.2 Å². The Morgan fingerprint density at radius 3 is 2.07 bits per heavy atom. The van der Waals surface area contributed by atoms with Gasteiger partial charge >= 0.3 is 11.9 Å². The Balaban J connectivity index is 1.64. The van der Waals surface area contributed by atoms with E-state index in [9.17, 15) is 14.0 Å². The van der Waals surface area contributed by atoms with E-state index in [4.69, 9.17) is 37.4 Å². The molecule has 0 spiro atoms. The number of halogens is 3. The maximum Gasteiger partial charge on any atom is 0.338 e. The van der Waals surface area contributed by atoms with Gasteiger partial charge in [-0.2, -0.15) is 0 Å². The van der Waals surface area contributed by atoms with E-state index in [0.29, 0.717) is 15.6 Å². The number of carbonyl (C=O) groups excluding carboxylic acids is 2. The van der Waals surface area contributed by atoms with Gasteiger partial charge in [0.05, 0.1) is 17.7 Å². The minimum absolute atomic E-state index is 0.226. The van der Waals surface area contributed by atoms with Gasteiger partial charge in [0.15, 0.2) is 11.8 Å². The van der Waals surface area contributed by atoms with Gasteiger partial charge in [0, 0.05) is 10.0 Å². The Bertz CT molecular complexity index is 852. The molecule has 0 aliphatic carbocycles. The molecule has 1 heterocycles. The summed E-state index contributed by atoms with van der Waals surface area (Å²) >= 11 is 11.6. The van der Waals surface area contributed by atoms with Crippen LogP contribution in [0.15, 0.2) is 48.5 Å². The molecule has 3 unspecified atom stereocenters. The molecule has 1 aliphatic heterocycles. The molecule has 0 N–H and O–H groups in total. The average Bonchev–Trinajstić information content (AvgIpc) is 2.95. The number of alkyl halides is 1. The van der Waals surface area contributed by atoms with Gasteiger partial charge in [-0.1, -0.05) is 23.2 Å². The molecule has 0 aromatic heterocycles. The van der Waals surface area contributed by atoms with Gasteiger partial charge in [0.2, 0.25) is 0 Å². The monoisotopic (exact) mass is 426 g/mol. The lowest BCUT2D eigenvalue weighted by Crippen LogP contribution is -2.43. The zero-order valence-corrected chi connectivity index (χ0v) is 16.4. The maximum absolute atomic E-state index is 14.8. The Kier molecular flexibility index (Phi) is 6.23. The molecule has 0 amide bonds. The highest BCUT2D eigenvalue weighted by Crippen LogP contribution is 2.32. The van der Waals surface area contributed by atoms with Crippen LogP contribution in [0.3, 0.4) is 0 Å². The van der Waals surface area contributed by atoms with Gasteiger partial charge in [0.25, 0.3) is 0 Å². The molecular formula is C20H17Cl2FO5. The SMILES string of the molecule is CC1(F)COC(COC(=O)c2ccc(Cl)cc2)C1OC(=O)c1ccc(Cl)cc1. The predicted molar refractivity (Wildman–Crippen MR) is 102 cm³/mol. The second kappa shape index (κ2) is 8.47. The molecule has 1 fully saturated rings. The maximum atomic E-state index is 14.8. The molecule has 2 aromatic rings. The van der Waals surface area contributed by atoms with Crippen LogP contribution in [-0.2, 0) is 14.2 Å². The number of hydrogen-bond acceptors (Lipinski definition) is 5. The highest BCUT2D eigenvalue weighted by Gasteiger charge is 2.50. The first-order valence-corrected chi connectivity index (χ1v) is 9.21. The number of rotatable bonds is 5. The summed E-state index contributed by atoms with van der Waals surface area (Å²) < 4.78 is 30.7. The minimum atomic E-state index is -1.92. The summed E-state index contributed by atoms with van der Waals surface area (Å²) in [4.78, 5) is 24.5. The summed E-state index contributed by atoms with van der Waals surface area (Å²) in [5.41, 5.74) is -1.40. The Morgan fingerprint density at radius 2 is 1.54 bits per heavy atom. The number of ether oxygens (including phenoxy) is 3. The van der Waals surface area contributed by atoms with E-state index in [0.717, 1.165) is 0 Å². The molecule has 2 aromatic carbocycles. The van der Waals surface area contributed by atoms with Gasteiger partial charge < -0.3 is 14.2 Å². The summed E-state index contributed by atoms with van der Waals surface area (Å²) in [5, 5.41) is 0.945. The van der Waals surface area contributed by atoms with Crippen molar-refractivity contribution >= 4 is 35.1 Å². The molecular weight excluding hydrogens is 410 g/mol. The van der Waals surface area contributed by atoms with Gasteiger partial charge in [-0.05, 0) is 55.5 Å². The highest BCUT2D eigenvalue weighted by molar-refractivity contribution is 6.30.